The van der Waals surface area contributed by atoms with Gasteiger partial charge in [0.25, 0.3) is 11.8 Å². The molecule has 4 rings (SSSR count). The lowest BCUT2D eigenvalue weighted by molar-refractivity contribution is -0.136. The number of thiophene rings is 1. The number of aliphatic hydroxyl groups excluding tert-OH is 2. The van der Waals surface area contributed by atoms with Crippen LogP contribution in [0.4, 0.5) is 5.82 Å². The van der Waals surface area contributed by atoms with E-state index < -0.39 is 83.8 Å². The summed E-state index contributed by atoms with van der Waals surface area (Å²) < 4.78 is 0.345. The molecular weight excluding hydrogens is 1130 g/mol. The van der Waals surface area contributed by atoms with E-state index in [0.29, 0.717) is 33.1 Å². The van der Waals surface area contributed by atoms with Crippen molar-refractivity contribution < 1.29 is 43.8 Å². The van der Waals surface area contributed by atoms with E-state index in [1.807, 2.05) is 13.8 Å². The zero-order valence-corrected chi connectivity index (χ0v) is 49.6. The number of aliphatic hydroxyl groups is 2. The molecule has 0 aromatic carbocycles. The summed E-state index contributed by atoms with van der Waals surface area (Å²) in [4.78, 5) is 111. The van der Waals surface area contributed by atoms with E-state index in [4.69, 9.17) is 40.3 Å². The number of nitrogens with one attached hydrogen (secondary N) is 8. The number of thiazole rings is 2. The predicted molar refractivity (Wildman–Crippen MR) is 313 cm³/mol. The number of carbonyl (C=O) groups is 7. The molecule has 8 atom stereocenters. The van der Waals surface area contributed by atoms with Gasteiger partial charge in [0, 0.05) is 54.7 Å². The maximum absolute atomic E-state index is 14.3. The van der Waals surface area contributed by atoms with Gasteiger partial charge in [0.2, 0.25) is 29.5 Å². The van der Waals surface area contributed by atoms with E-state index in [9.17, 15) is 43.8 Å². The van der Waals surface area contributed by atoms with Crippen molar-refractivity contribution in [3.05, 3.63) is 59.9 Å². The molecule has 448 valence electrons. The summed E-state index contributed by atoms with van der Waals surface area (Å²) in [5.74, 6) is -6.56. The Morgan fingerprint density at radius 3 is 2.11 bits per heavy atom. The van der Waals surface area contributed by atoms with Crippen molar-refractivity contribution in [2.24, 2.45) is 34.8 Å². The van der Waals surface area contributed by atoms with Crippen molar-refractivity contribution in [1.29, 1.82) is 0 Å². The second kappa shape index (κ2) is 34.6. The van der Waals surface area contributed by atoms with Crippen LogP contribution >= 0.6 is 45.6 Å². The number of nitrogens with two attached hydrogens (primary N) is 5. The first-order valence-electron chi connectivity index (χ1n) is 26.8. The van der Waals surface area contributed by atoms with Gasteiger partial charge in [-0.05, 0) is 96.0 Å². The number of halogens is 1. The third-order valence-electron chi connectivity index (χ3n) is 12.7. The molecular formula is C51H80ClN17O9S3. The van der Waals surface area contributed by atoms with Crippen molar-refractivity contribution in [3.63, 3.8) is 0 Å². The number of hydrogen-bond donors (Lipinski definition) is 15. The average Bonchev–Trinajstić information content (AvgIpc) is 4.21. The van der Waals surface area contributed by atoms with Gasteiger partial charge in [-0.25, -0.2) is 19.9 Å². The fourth-order valence-corrected chi connectivity index (χ4v) is 10.9. The lowest BCUT2D eigenvalue weighted by atomic mass is 9.90. The minimum Gasteiger partial charge on any atom is -0.391 e. The normalized spacial score (nSPS) is 14.5. The molecule has 0 aliphatic rings. The Balaban J connectivity index is 1.35. The van der Waals surface area contributed by atoms with E-state index in [-0.39, 0.29) is 79.2 Å². The second-order valence-corrected chi connectivity index (χ2v) is 23.5. The highest BCUT2D eigenvalue weighted by atomic mass is 35.5. The Morgan fingerprint density at radius 2 is 1.48 bits per heavy atom. The van der Waals surface area contributed by atoms with Gasteiger partial charge in [-0.3, -0.25) is 33.6 Å². The van der Waals surface area contributed by atoms with E-state index in [1.54, 1.807) is 22.9 Å². The molecule has 0 unspecified atom stereocenters. The molecule has 30 heteroatoms. The summed E-state index contributed by atoms with van der Waals surface area (Å²) in [6.45, 7) is 12.5. The number of carbonyl (C=O) groups excluding carboxylic acids is 7. The van der Waals surface area contributed by atoms with Crippen LogP contribution in [0.2, 0.25) is 4.34 Å². The monoisotopic (exact) mass is 1210 g/mol. The molecule has 0 aliphatic heterocycles. The predicted octanol–water partition coefficient (Wildman–Crippen LogP) is -0.498. The van der Waals surface area contributed by atoms with Crippen molar-refractivity contribution in [1.82, 2.24) is 62.5 Å². The minimum atomic E-state index is -1.53. The molecule has 0 radical (unpaired) electrons. The standard InChI is InChI=1S/C51H80ClN17O9S3/c1-26(2)21-32(63-48(76)34(22-30-11-8-20-79-30)64-50(78)38-27(3)43(56)69-45(67-38)33(23-36(55)71)62-24-31(54)44(57)73)41(72)28(4)46(74)68-39(29(5)70)49(77)61-19-12-37-66-40(42(52)81-37)51-65-35(25-80-51)47(75)60-18-10-17-59-15-7-6-14-58-16-9-13-53/h8,11,20,25-26,28-29,31-34,39,41,58-59,62,70,72H,6-7,9-10,12-19,21-24,53-54H2,1-5H3,(H2,55,71)(H2,57,73)(H,60,75)(H,61,77)(H,63,76)(H,64,78)(H,68,74)(H2,56,67,69)/t28-,29+,31-,32+,33-,34-,39-,41-/m0/s1. The molecule has 0 saturated carbocycles. The molecule has 0 spiro atoms. The Labute approximate surface area is 488 Å². The Bertz CT molecular complexity index is 2680. The zero-order chi connectivity index (χ0) is 59.8. The second-order valence-electron chi connectivity index (χ2n) is 19.9. The molecule has 7 amide bonds. The number of primary amides is 2. The number of nitrogen functional groups attached to an aromatic ring is 1. The first-order valence-corrected chi connectivity index (χ1v) is 29.8. The van der Waals surface area contributed by atoms with E-state index in [2.05, 4.69) is 62.5 Å². The Hall–Kier alpha value is -5.86. The molecule has 0 saturated heterocycles. The number of hydrogen-bond acceptors (Lipinski definition) is 22. The maximum Gasteiger partial charge on any atom is 0.271 e. The summed E-state index contributed by atoms with van der Waals surface area (Å²) in [6.07, 6.45) is 0.985. The average molecular weight is 1210 g/mol. The van der Waals surface area contributed by atoms with Crippen LogP contribution in [0.1, 0.15) is 115 Å². The number of unbranched alkanes of at least 4 members (excludes halogenated alkanes) is 1. The first-order chi connectivity index (χ1) is 38.5. The summed E-state index contributed by atoms with van der Waals surface area (Å²) >= 11 is 10.3. The lowest BCUT2D eigenvalue weighted by Crippen LogP contribution is -2.58. The van der Waals surface area contributed by atoms with Gasteiger partial charge in [0.05, 0.1) is 41.3 Å². The summed E-state index contributed by atoms with van der Waals surface area (Å²) in [5.41, 5.74) is 28.9. The van der Waals surface area contributed by atoms with Gasteiger partial charge in [-0.15, -0.1) is 34.0 Å². The Kier molecular flexibility index (Phi) is 28.9. The summed E-state index contributed by atoms with van der Waals surface area (Å²) in [5, 5.41) is 50.2. The van der Waals surface area contributed by atoms with E-state index in [1.165, 1.54) is 54.8 Å². The van der Waals surface area contributed by atoms with Crippen LogP contribution in [0, 0.1) is 18.8 Å². The molecule has 81 heavy (non-hydrogen) atoms. The van der Waals surface area contributed by atoms with Crippen LogP contribution in [-0.4, -0.2) is 160 Å². The molecule has 0 aliphatic carbocycles. The maximum atomic E-state index is 14.3. The van der Waals surface area contributed by atoms with Gasteiger partial charge in [-0.2, -0.15) is 0 Å². The quantitative estimate of drug-likeness (QED) is 0.0252. The molecule has 0 fully saturated rings. The minimum absolute atomic E-state index is 0.00318. The van der Waals surface area contributed by atoms with E-state index in [0.717, 1.165) is 56.7 Å². The fourth-order valence-electron chi connectivity index (χ4n) is 8.04. The van der Waals surface area contributed by atoms with Crippen LogP contribution in [0.5, 0.6) is 0 Å². The van der Waals surface area contributed by atoms with Crippen LogP contribution in [0.15, 0.2) is 22.9 Å². The Morgan fingerprint density at radius 1 is 0.790 bits per heavy atom. The number of aromatic nitrogens is 4. The van der Waals surface area contributed by atoms with Gasteiger partial charge < -0.3 is 81.4 Å². The number of rotatable bonds is 38. The molecule has 4 aromatic rings. The number of nitrogens with zero attached hydrogens (tertiary/aromatic N) is 4. The highest BCUT2D eigenvalue weighted by Gasteiger charge is 2.36. The van der Waals surface area contributed by atoms with Crippen molar-refractivity contribution in [2.45, 2.75) is 128 Å². The highest BCUT2D eigenvalue weighted by molar-refractivity contribution is 7.17. The van der Waals surface area contributed by atoms with Crippen molar-refractivity contribution in [3.8, 4) is 10.7 Å². The molecule has 4 aromatic heterocycles. The van der Waals surface area contributed by atoms with Crippen molar-refractivity contribution >= 4 is 92.8 Å². The van der Waals surface area contributed by atoms with Gasteiger partial charge >= 0.3 is 0 Å². The number of amides is 7. The lowest BCUT2D eigenvalue weighted by Gasteiger charge is -2.32. The smallest absolute Gasteiger partial charge is 0.271 e. The van der Waals surface area contributed by atoms with E-state index >= 15 is 0 Å². The third kappa shape index (κ3) is 22.4. The van der Waals surface area contributed by atoms with Crippen LogP contribution in [0.25, 0.3) is 10.7 Å². The topological polar surface area (TPSA) is 438 Å². The molecule has 26 nitrogen and oxygen atoms in total. The fraction of sp³-hybridized carbons (Fsp3) is 0.588. The molecule has 0 bridgehead atoms. The van der Waals surface area contributed by atoms with Gasteiger partial charge in [-0.1, -0.05) is 38.4 Å². The summed E-state index contributed by atoms with van der Waals surface area (Å²) in [7, 11) is 0. The van der Waals surface area contributed by atoms with Crippen molar-refractivity contribution in [2.75, 3.05) is 58.1 Å². The zero-order valence-electron chi connectivity index (χ0n) is 46.3. The van der Waals surface area contributed by atoms with Crippen LogP contribution in [-0.2, 0) is 36.8 Å². The SMILES string of the molecule is Cc1c(N)nc([C@H](CC(N)=O)NC[C@H](N)C(N)=O)nc1C(=O)N[C@@H](Cc1cccs1)C(=O)N[C@H](CC(C)C)[C@@H](O)[C@H](C)C(=O)N[C@H](C(=O)NCCc1nc(-c2nc(C(=O)NCCCNCCCCNCCCN)cs2)c(Cl)s1)[C@@H](C)O. The van der Waals surface area contributed by atoms with Gasteiger partial charge in [0.1, 0.15) is 50.2 Å². The summed E-state index contributed by atoms with van der Waals surface area (Å²) in [6, 6.07) is -2.42. The van der Waals surface area contributed by atoms with Gasteiger partial charge in [0.15, 0.2) is 0 Å². The van der Waals surface area contributed by atoms with Crippen LogP contribution in [0.3, 0.4) is 0 Å². The first kappa shape index (κ1) is 67.6. The van der Waals surface area contributed by atoms with Crippen LogP contribution < -0.4 is 71.2 Å². The third-order valence-corrected chi connectivity index (χ3v) is 15.7. The highest BCUT2D eigenvalue weighted by Crippen LogP contribution is 2.34. The largest absolute Gasteiger partial charge is 0.391 e. The molecule has 4 heterocycles. The number of anilines is 1. The molecule has 20 N–H and O–H groups in total.